The van der Waals surface area contributed by atoms with E-state index in [-0.39, 0.29) is 6.42 Å². The second kappa shape index (κ2) is 7.13. The van der Waals surface area contributed by atoms with Crippen molar-refractivity contribution < 1.29 is 19.1 Å². The lowest BCUT2D eigenvalue weighted by atomic mass is 9.94. The zero-order valence-corrected chi connectivity index (χ0v) is 14.0. The molecule has 25 heavy (non-hydrogen) atoms. The molecule has 0 aliphatic carbocycles. The normalized spacial score (nSPS) is 10.5. The van der Waals surface area contributed by atoms with Crippen LogP contribution in [-0.2, 0) is 20.7 Å². The number of rotatable bonds is 4. The van der Waals surface area contributed by atoms with E-state index in [2.05, 4.69) is 0 Å². The van der Waals surface area contributed by atoms with Crippen LogP contribution in [0.25, 0.3) is 22.2 Å². The van der Waals surface area contributed by atoms with Gasteiger partial charge in [0.1, 0.15) is 0 Å². The minimum absolute atomic E-state index is 0.0665. The van der Waals surface area contributed by atoms with Gasteiger partial charge in [0.15, 0.2) is 0 Å². The van der Waals surface area contributed by atoms with Crippen LogP contribution < -0.4 is 0 Å². The van der Waals surface area contributed by atoms with E-state index in [1.54, 1.807) is 6.07 Å². The summed E-state index contributed by atoms with van der Waals surface area (Å²) >= 11 is 0. The summed E-state index contributed by atoms with van der Waals surface area (Å²) < 4.78 is 9.78. The molecule has 0 unspecified atom stereocenters. The van der Waals surface area contributed by atoms with Gasteiger partial charge in [0.25, 0.3) is 0 Å². The molecular formula is C20H17NO4. The summed E-state index contributed by atoms with van der Waals surface area (Å²) in [6.45, 7) is 0. The Hall–Kier alpha value is -3.21. The van der Waals surface area contributed by atoms with Crippen molar-refractivity contribution in [3.05, 3.63) is 65.7 Å². The molecule has 0 atom stereocenters. The molecule has 0 N–H and O–H groups in total. The fourth-order valence-electron chi connectivity index (χ4n) is 2.81. The minimum atomic E-state index is -0.505. The lowest BCUT2D eigenvalue weighted by molar-refractivity contribution is -0.139. The van der Waals surface area contributed by atoms with E-state index in [9.17, 15) is 9.59 Å². The van der Waals surface area contributed by atoms with E-state index in [1.165, 1.54) is 14.2 Å². The summed E-state index contributed by atoms with van der Waals surface area (Å²) in [5.74, 6) is -0.950. The number of hydrogen-bond donors (Lipinski definition) is 0. The highest BCUT2D eigenvalue weighted by molar-refractivity contribution is 6.07. The fourth-order valence-corrected chi connectivity index (χ4v) is 2.81. The van der Waals surface area contributed by atoms with Crippen LogP contribution in [0.15, 0.2) is 54.6 Å². The summed E-state index contributed by atoms with van der Waals surface area (Å²) in [4.78, 5) is 29.2. The Balaban J connectivity index is 2.38. The van der Waals surface area contributed by atoms with Crippen molar-refractivity contribution in [2.24, 2.45) is 0 Å². The van der Waals surface area contributed by atoms with Crippen molar-refractivity contribution in [2.75, 3.05) is 14.2 Å². The molecule has 1 heterocycles. The van der Waals surface area contributed by atoms with Gasteiger partial charge in [-0.2, -0.15) is 0 Å². The number of carbonyl (C=O) groups is 2. The predicted molar refractivity (Wildman–Crippen MR) is 94.2 cm³/mol. The van der Waals surface area contributed by atoms with E-state index < -0.39 is 11.9 Å². The SMILES string of the molecule is COC(=O)Cc1c(-c2ccccc2)nc2ccccc2c1C(=O)OC. The maximum absolute atomic E-state index is 12.5. The molecule has 0 bridgehead atoms. The first-order valence-corrected chi connectivity index (χ1v) is 7.78. The first kappa shape index (κ1) is 16.6. The summed E-state index contributed by atoms with van der Waals surface area (Å²) in [6.07, 6.45) is -0.0665. The third-order valence-electron chi connectivity index (χ3n) is 3.98. The third kappa shape index (κ3) is 3.21. The van der Waals surface area contributed by atoms with Gasteiger partial charge in [-0.15, -0.1) is 0 Å². The molecule has 0 aliphatic heterocycles. The maximum atomic E-state index is 12.5. The number of carbonyl (C=O) groups excluding carboxylic acids is 2. The summed E-state index contributed by atoms with van der Waals surface area (Å²) in [7, 11) is 2.64. The van der Waals surface area contributed by atoms with Gasteiger partial charge >= 0.3 is 11.9 Å². The van der Waals surface area contributed by atoms with Gasteiger partial charge in [-0.05, 0) is 6.07 Å². The first-order chi connectivity index (χ1) is 12.2. The Morgan fingerprint density at radius 2 is 1.60 bits per heavy atom. The van der Waals surface area contributed by atoms with Crippen LogP contribution in [-0.4, -0.2) is 31.1 Å². The number of pyridine rings is 1. The van der Waals surface area contributed by atoms with Crippen LogP contribution in [0.3, 0.4) is 0 Å². The lowest BCUT2D eigenvalue weighted by Gasteiger charge is -2.15. The quantitative estimate of drug-likeness (QED) is 0.684. The molecule has 1 aromatic heterocycles. The topological polar surface area (TPSA) is 65.5 Å². The van der Waals surface area contributed by atoms with Crippen molar-refractivity contribution >= 4 is 22.8 Å². The predicted octanol–water partition coefficient (Wildman–Crippen LogP) is 3.40. The maximum Gasteiger partial charge on any atom is 0.338 e. The molecule has 5 nitrogen and oxygen atoms in total. The number of aromatic nitrogens is 1. The number of ether oxygens (including phenoxy) is 2. The van der Waals surface area contributed by atoms with E-state index in [1.807, 2.05) is 48.5 Å². The van der Waals surface area contributed by atoms with Crippen molar-refractivity contribution in [3.8, 4) is 11.3 Å². The number of fused-ring (bicyclic) bond motifs is 1. The molecule has 2 aromatic carbocycles. The van der Waals surface area contributed by atoms with E-state index in [0.29, 0.717) is 27.7 Å². The highest BCUT2D eigenvalue weighted by atomic mass is 16.5. The molecule has 0 aliphatic rings. The van der Waals surface area contributed by atoms with Gasteiger partial charge in [-0.25, -0.2) is 9.78 Å². The Labute approximate surface area is 145 Å². The molecule has 3 rings (SSSR count). The monoisotopic (exact) mass is 335 g/mol. The highest BCUT2D eigenvalue weighted by Crippen LogP contribution is 2.31. The zero-order chi connectivity index (χ0) is 17.8. The molecular weight excluding hydrogens is 318 g/mol. The summed E-state index contributed by atoms with van der Waals surface area (Å²) in [5.41, 5.74) is 2.90. The fraction of sp³-hybridized carbons (Fsp3) is 0.150. The van der Waals surface area contributed by atoms with E-state index >= 15 is 0 Å². The minimum Gasteiger partial charge on any atom is -0.469 e. The second-order valence-electron chi connectivity index (χ2n) is 5.44. The molecule has 5 heteroatoms. The zero-order valence-electron chi connectivity index (χ0n) is 14.0. The smallest absolute Gasteiger partial charge is 0.338 e. The van der Waals surface area contributed by atoms with Crippen LogP contribution in [0.4, 0.5) is 0 Å². The van der Waals surface area contributed by atoms with Crippen LogP contribution in [0, 0.1) is 0 Å². The Morgan fingerprint density at radius 3 is 2.28 bits per heavy atom. The number of para-hydroxylation sites is 1. The molecule has 0 amide bonds. The number of benzene rings is 2. The van der Waals surface area contributed by atoms with Gasteiger partial charge in [-0.3, -0.25) is 4.79 Å². The van der Waals surface area contributed by atoms with E-state index in [4.69, 9.17) is 14.5 Å². The summed E-state index contributed by atoms with van der Waals surface area (Å²) in [6, 6.07) is 16.7. The lowest BCUT2D eigenvalue weighted by Crippen LogP contribution is -2.14. The average molecular weight is 335 g/mol. The van der Waals surface area contributed by atoms with Crippen molar-refractivity contribution in [1.82, 2.24) is 4.98 Å². The van der Waals surface area contributed by atoms with Gasteiger partial charge in [0.2, 0.25) is 0 Å². The highest BCUT2D eigenvalue weighted by Gasteiger charge is 2.24. The molecule has 0 fully saturated rings. The first-order valence-electron chi connectivity index (χ1n) is 7.78. The van der Waals surface area contributed by atoms with Gasteiger partial charge in [0.05, 0.1) is 37.4 Å². The number of hydrogen-bond acceptors (Lipinski definition) is 5. The molecule has 0 spiro atoms. The molecule has 3 aromatic rings. The second-order valence-corrected chi connectivity index (χ2v) is 5.44. The van der Waals surface area contributed by atoms with Crippen molar-refractivity contribution in [2.45, 2.75) is 6.42 Å². The molecule has 0 radical (unpaired) electrons. The molecule has 126 valence electrons. The third-order valence-corrected chi connectivity index (χ3v) is 3.98. The van der Waals surface area contributed by atoms with Crippen LogP contribution >= 0.6 is 0 Å². The van der Waals surface area contributed by atoms with Crippen molar-refractivity contribution in [1.29, 1.82) is 0 Å². The number of methoxy groups -OCH3 is 2. The number of nitrogens with zero attached hydrogens (tertiary/aromatic N) is 1. The van der Waals surface area contributed by atoms with Gasteiger partial charge < -0.3 is 9.47 Å². The largest absolute Gasteiger partial charge is 0.469 e. The van der Waals surface area contributed by atoms with Crippen molar-refractivity contribution in [3.63, 3.8) is 0 Å². The molecule has 0 saturated heterocycles. The number of esters is 2. The van der Waals surface area contributed by atoms with Gasteiger partial charge in [0, 0.05) is 16.5 Å². The standard InChI is InChI=1S/C20H17NO4/c1-24-17(22)12-15-18(20(23)25-2)14-10-6-7-11-16(14)21-19(15)13-8-4-3-5-9-13/h3-11H,12H2,1-2H3. The van der Waals surface area contributed by atoms with Crippen LogP contribution in [0.1, 0.15) is 15.9 Å². The Morgan fingerprint density at radius 1 is 0.920 bits per heavy atom. The average Bonchev–Trinajstić information content (AvgIpc) is 2.67. The van der Waals surface area contributed by atoms with Crippen LogP contribution in [0.2, 0.25) is 0 Å². The van der Waals surface area contributed by atoms with Crippen LogP contribution in [0.5, 0.6) is 0 Å². The summed E-state index contributed by atoms with van der Waals surface area (Å²) in [5, 5.41) is 0.646. The Bertz CT molecular complexity index is 935. The van der Waals surface area contributed by atoms with E-state index in [0.717, 1.165) is 5.56 Å². The Kier molecular flexibility index (Phi) is 4.75. The molecule has 0 saturated carbocycles. The van der Waals surface area contributed by atoms with Gasteiger partial charge in [-0.1, -0.05) is 48.5 Å².